The summed E-state index contributed by atoms with van der Waals surface area (Å²) in [5.41, 5.74) is 0.930. The summed E-state index contributed by atoms with van der Waals surface area (Å²) < 4.78 is 17.8. The van der Waals surface area contributed by atoms with Gasteiger partial charge in [0.1, 0.15) is 5.82 Å². The Morgan fingerprint density at radius 2 is 1.86 bits per heavy atom. The molecular weight excluding hydrogens is 309 g/mol. The van der Waals surface area contributed by atoms with Crippen molar-refractivity contribution in [1.29, 1.82) is 0 Å². The Balaban J connectivity index is 1.78. The van der Waals surface area contributed by atoms with Crippen molar-refractivity contribution < 1.29 is 18.7 Å². The lowest BCUT2D eigenvalue weighted by atomic mass is 10.2. The molecule has 0 bridgehead atoms. The molecule has 22 heavy (non-hydrogen) atoms. The van der Waals surface area contributed by atoms with Gasteiger partial charge in [-0.2, -0.15) is 0 Å². The van der Waals surface area contributed by atoms with Crippen molar-refractivity contribution in [2.75, 3.05) is 6.61 Å². The molecule has 2 rings (SSSR count). The first-order valence-electron chi connectivity index (χ1n) is 6.48. The highest BCUT2D eigenvalue weighted by Crippen LogP contribution is 2.09. The van der Waals surface area contributed by atoms with Gasteiger partial charge in [0.25, 0.3) is 5.91 Å². The highest BCUT2D eigenvalue weighted by atomic mass is 35.5. The molecule has 4 nitrogen and oxygen atoms in total. The molecule has 0 aliphatic heterocycles. The van der Waals surface area contributed by atoms with Gasteiger partial charge in [-0.3, -0.25) is 4.79 Å². The minimum atomic E-state index is -0.749. The number of hydrogen-bond acceptors (Lipinski definition) is 3. The molecule has 0 aliphatic rings. The number of amides is 1. The van der Waals surface area contributed by atoms with Crippen LogP contribution in [0.5, 0.6) is 0 Å². The molecule has 1 amide bonds. The minimum Gasteiger partial charge on any atom is -0.452 e. The van der Waals surface area contributed by atoms with E-state index in [1.807, 2.05) is 0 Å². The van der Waals surface area contributed by atoms with E-state index >= 15 is 0 Å². The van der Waals surface area contributed by atoms with Crippen molar-refractivity contribution in [2.24, 2.45) is 0 Å². The van der Waals surface area contributed by atoms with E-state index in [4.69, 9.17) is 16.3 Å². The van der Waals surface area contributed by atoms with Crippen molar-refractivity contribution in [1.82, 2.24) is 5.32 Å². The fraction of sp³-hybridized carbons (Fsp3) is 0.125. The van der Waals surface area contributed by atoms with Gasteiger partial charge in [-0.15, -0.1) is 0 Å². The molecule has 0 saturated heterocycles. The van der Waals surface area contributed by atoms with Crippen LogP contribution >= 0.6 is 11.6 Å². The zero-order chi connectivity index (χ0) is 15.9. The number of benzene rings is 2. The standard InChI is InChI=1S/C16H13ClFNO3/c17-13-6-4-11(5-7-13)9-19-15(20)10-22-16(21)12-2-1-3-14(18)8-12/h1-8H,9-10H2,(H,19,20). The Kier molecular flexibility index (Phi) is 5.49. The summed E-state index contributed by atoms with van der Waals surface area (Å²) in [6, 6.07) is 12.1. The zero-order valence-corrected chi connectivity index (χ0v) is 12.3. The molecular formula is C16H13ClFNO3. The molecule has 0 fully saturated rings. The second-order valence-electron chi connectivity index (χ2n) is 4.49. The fourth-order valence-corrected chi connectivity index (χ4v) is 1.81. The third kappa shape index (κ3) is 4.86. The first-order chi connectivity index (χ1) is 10.5. The summed E-state index contributed by atoms with van der Waals surface area (Å²) in [4.78, 5) is 23.2. The van der Waals surface area contributed by atoms with Crippen molar-refractivity contribution in [2.45, 2.75) is 6.54 Å². The van der Waals surface area contributed by atoms with E-state index in [1.54, 1.807) is 24.3 Å². The zero-order valence-electron chi connectivity index (χ0n) is 11.5. The number of esters is 1. The molecule has 0 spiro atoms. The van der Waals surface area contributed by atoms with E-state index in [1.165, 1.54) is 18.2 Å². The maximum Gasteiger partial charge on any atom is 0.338 e. The van der Waals surface area contributed by atoms with Crippen molar-refractivity contribution in [3.63, 3.8) is 0 Å². The maximum absolute atomic E-state index is 13.0. The van der Waals surface area contributed by atoms with Crippen LogP contribution in [-0.4, -0.2) is 18.5 Å². The number of carbonyl (C=O) groups is 2. The summed E-state index contributed by atoms with van der Waals surface area (Å²) in [6.45, 7) is -0.129. The quantitative estimate of drug-likeness (QED) is 0.861. The summed E-state index contributed by atoms with van der Waals surface area (Å²) in [5.74, 6) is -1.73. The number of hydrogen-bond donors (Lipinski definition) is 1. The van der Waals surface area contributed by atoms with Gasteiger partial charge in [-0.05, 0) is 35.9 Å². The molecule has 2 aromatic carbocycles. The molecule has 0 saturated carbocycles. The largest absolute Gasteiger partial charge is 0.452 e. The maximum atomic E-state index is 13.0. The normalized spacial score (nSPS) is 10.1. The number of ether oxygens (including phenoxy) is 1. The lowest BCUT2D eigenvalue weighted by Gasteiger charge is -2.07. The average Bonchev–Trinajstić information content (AvgIpc) is 2.52. The van der Waals surface area contributed by atoms with E-state index in [-0.39, 0.29) is 5.56 Å². The van der Waals surface area contributed by atoms with Crippen LogP contribution in [0.2, 0.25) is 5.02 Å². The molecule has 0 heterocycles. The lowest BCUT2D eigenvalue weighted by molar-refractivity contribution is -0.124. The topological polar surface area (TPSA) is 55.4 Å². The number of halogens is 2. The molecule has 114 valence electrons. The van der Waals surface area contributed by atoms with Gasteiger partial charge in [0, 0.05) is 11.6 Å². The Morgan fingerprint density at radius 3 is 2.55 bits per heavy atom. The lowest BCUT2D eigenvalue weighted by Crippen LogP contribution is -2.28. The smallest absolute Gasteiger partial charge is 0.338 e. The van der Waals surface area contributed by atoms with Crippen LogP contribution in [0, 0.1) is 5.82 Å². The molecule has 0 radical (unpaired) electrons. The second-order valence-corrected chi connectivity index (χ2v) is 4.93. The summed E-state index contributed by atoms with van der Waals surface area (Å²) >= 11 is 5.76. The van der Waals surface area contributed by atoms with Crippen LogP contribution in [-0.2, 0) is 16.1 Å². The summed E-state index contributed by atoms with van der Waals surface area (Å²) in [6.07, 6.45) is 0. The molecule has 1 N–H and O–H groups in total. The van der Waals surface area contributed by atoms with Crippen LogP contribution in [0.3, 0.4) is 0 Å². The van der Waals surface area contributed by atoms with E-state index in [9.17, 15) is 14.0 Å². The van der Waals surface area contributed by atoms with Crippen molar-refractivity contribution >= 4 is 23.5 Å². The summed E-state index contributed by atoms with van der Waals surface area (Å²) in [7, 11) is 0. The Hall–Kier alpha value is -2.40. The predicted octanol–water partition coefficient (Wildman–Crippen LogP) is 2.95. The van der Waals surface area contributed by atoms with Gasteiger partial charge in [0.2, 0.25) is 0 Å². The highest BCUT2D eigenvalue weighted by molar-refractivity contribution is 6.30. The Bertz CT molecular complexity index is 673. The number of nitrogens with one attached hydrogen (secondary N) is 1. The third-order valence-corrected chi connectivity index (χ3v) is 3.05. The monoisotopic (exact) mass is 321 g/mol. The Morgan fingerprint density at radius 1 is 1.14 bits per heavy atom. The summed E-state index contributed by atoms with van der Waals surface area (Å²) in [5, 5.41) is 3.21. The number of carbonyl (C=O) groups excluding carboxylic acids is 2. The molecule has 0 aromatic heterocycles. The van der Waals surface area contributed by atoms with E-state index in [2.05, 4.69) is 5.32 Å². The molecule has 0 atom stereocenters. The van der Waals surface area contributed by atoms with Crippen molar-refractivity contribution in [3.8, 4) is 0 Å². The van der Waals surface area contributed by atoms with Gasteiger partial charge < -0.3 is 10.1 Å². The molecule has 0 unspecified atom stereocenters. The van der Waals surface area contributed by atoms with Gasteiger partial charge in [-0.25, -0.2) is 9.18 Å². The predicted molar refractivity (Wildman–Crippen MR) is 80.0 cm³/mol. The molecule has 0 aliphatic carbocycles. The number of rotatable bonds is 5. The van der Waals surface area contributed by atoms with Gasteiger partial charge in [0.15, 0.2) is 6.61 Å². The third-order valence-electron chi connectivity index (χ3n) is 2.80. The first-order valence-corrected chi connectivity index (χ1v) is 6.86. The second kappa shape index (κ2) is 7.56. The van der Waals surface area contributed by atoms with Crippen LogP contribution in [0.15, 0.2) is 48.5 Å². The van der Waals surface area contributed by atoms with Gasteiger partial charge >= 0.3 is 5.97 Å². The van der Waals surface area contributed by atoms with Crippen LogP contribution in [0.4, 0.5) is 4.39 Å². The van der Waals surface area contributed by atoms with Crippen molar-refractivity contribution in [3.05, 3.63) is 70.5 Å². The average molecular weight is 322 g/mol. The minimum absolute atomic E-state index is 0.0606. The molecule has 6 heteroatoms. The van der Waals surface area contributed by atoms with Crippen LogP contribution in [0.1, 0.15) is 15.9 Å². The van der Waals surface area contributed by atoms with E-state index in [0.29, 0.717) is 11.6 Å². The van der Waals surface area contributed by atoms with Gasteiger partial charge in [-0.1, -0.05) is 29.8 Å². The van der Waals surface area contributed by atoms with Crippen LogP contribution in [0.25, 0.3) is 0 Å². The first kappa shape index (κ1) is 16.0. The van der Waals surface area contributed by atoms with Crippen LogP contribution < -0.4 is 5.32 Å². The SMILES string of the molecule is O=C(COC(=O)c1cccc(F)c1)NCc1ccc(Cl)cc1. The fourth-order valence-electron chi connectivity index (χ4n) is 1.68. The Labute approximate surface area is 131 Å². The van der Waals surface area contributed by atoms with E-state index in [0.717, 1.165) is 11.6 Å². The molecule has 2 aromatic rings. The van der Waals surface area contributed by atoms with Gasteiger partial charge in [0.05, 0.1) is 5.56 Å². The van der Waals surface area contributed by atoms with E-state index < -0.39 is 24.3 Å². The highest BCUT2D eigenvalue weighted by Gasteiger charge is 2.10.